The van der Waals surface area contributed by atoms with Crippen molar-refractivity contribution < 1.29 is 14.3 Å². The molecule has 0 bridgehead atoms. The van der Waals surface area contributed by atoms with Crippen molar-refractivity contribution in [3.05, 3.63) is 59.2 Å². The highest BCUT2D eigenvalue weighted by Crippen LogP contribution is 2.29. The number of aryl methyl sites for hydroxylation is 1. The lowest BCUT2D eigenvalue weighted by atomic mass is 10.1. The maximum Gasteiger partial charge on any atom is 0.251 e. The van der Waals surface area contributed by atoms with Crippen LogP contribution in [-0.2, 0) is 15.3 Å². The van der Waals surface area contributed by atoms with Gasteiger partial charge in [0.1, 0.15) is 6.04 Å². The molecule has 0 saturated carbocycles. The summed E-state index contributed by atoms with van der Waals surface area (Å²) in [5, 5.41) is 9.23. The molecule has 1 atom stereocenters. The summed E-state index contributed by atoms with van der Waals surface area (Å²) in [4.78, 5) is 27.4. The van der Waals surface area contributed by atoms with Crippen molar-refractivity contribution in [3.8, 4) is 0 Å². The number of amides is 2. The summed E-state index contributed by atoms with van der Waals surface area (Å²) in [7, 11) is 0. The normalized spacial score (nSPS) is 18.4. The molecule has 1 unspecified atom stereocenters. The second kappa shape index (κ2) is 10.8. The Labute approximate surface area is 193 Å². The van der Waals surface area contributed by atoms with Crippen molar-refractivity contribution in [2.75, 3.05) is 55.8 Å². The summed E-state index contributed by atoms with van der Waals surface area (Å²) >= 11 is 1.73. The average molecular weight is 455 g/mol. The van der Waals surface area contributed by atoms with Crippen molar-refractivity contribution >= 4 is 35.0 Å². The van der Waals surface area contributed by atoms with Crippen LogP contribution in [0.3, 0.4) is 0 Å². The van der Waals surface area contributed by atoms with Crippen molar-refractivity contribution in [2.45, 2.75) is 18.7 Å². The molecule has 4 rings (SSSR count). The van der Waals surface area contributed by atoms with Crippen LogP contribution in [0.2, 0.25) is 0 Å². The standard InChI is InChI=1S/C24H30N4O3S/c1-17-2-4-18(5-3-17)15-32-16-22-24(30)27-21-14-19(6-7-20(21)26-22)23(29)25-8-9-28-10-12-31-13-11-28/h2-7,14,22,26H,8-13,15-16H2,1H3,(H,25,29)(H,27,30). The minimum absolute atomic E-state index is 0.0706. The molecule has 2 aromatic rings. The number of nitrogens with one attached hydrogen (secondary N) is 3. The number of fused-ring (bicyclic) bond motifs is 1. The van der Waals surface area contributed by atoms with E-state index in [-0.39, 0.29) is 17.9 Å². The third kappa shape index (κ3) is 6.03. The third-order valence-electron chi connectivity index (χ3n) is 5.68. The molecule has 2 amide bonds. The van der Waals surface area contributed by atoms with Crippen molar-refractivity contribution in [1.29, 1.82) is 0 Å². The fraction of sp³-hybridized carbons (Fsp3) is 0.417. The van der Waals surface area contributed by atoms with Gasteiger partial charge in [0.25, 0.3) is 5.91 Å². The van der Waals surface area contributed by atoms with Gasteiger partial charge in [-0.2, -0.15) is 11.8 Å². The molecule has 170 valence electrons. The van der Waals surface area contributed by atoms with E-state index in [1.165, 1.54) is 11.1 Å². The Morgan fingerprint density at radius 2 is 1.94 bits per heavy atom. The number of morpholine rings is 1. The van der Waals surface area contributed by atoms with E-state index in [0.29, 0.717) is 23.5 Å². The first-order valence-corrected chi connectivity index (χ1v) is 12.2. The van der Waals surface area contributed by atoms with Crippen LogP contribution in [0.15, 0.2) is 42.5 Å². The Balaban J connectivity index is 1.26. The molecule has 0 spiro atoms. The molecule has 0 aromatic heterocycles. The van der Waals surface area contributed by atoms with Gasteiger partial charge in [0.15, 0.2) is 0 Å². The molecule has 1 fully saturated rings. The summed E-state index contributed by atoms with van der Waals surface area (Å²) < 4.78 is 5.34. The van der Waals surface area contributed by atoms with Crippen molar-refractivity contribution in [3.63, 3.8) is 0 Å². The van der Waals surface area contributed by atoms with Crippen LogP contribution >= 0.6 is 11.8 Å². The molecule has 8 heteroatoms. The molecular formula is C24H30N4O3S. The zero-order valence-corrected chi connectivity index (χ0v) is 19.2. The highest BCUT2D eigenvalue weighted by Gasteiger charge is 2.26. The Bertz CT molecular complexity index is 945. The van der Waals surface area contributed by atoms with Gasteiger partial charge in [-0.05, 0) is 30.7 Å². The predicted octanol–water partition coefficient (Wildman–Crippen LogP) is 2.72. The molecule has 32 heavy (non-hydrogen) atoms. The SMILES string of the molecule is Cc1ccc(CSCC2Nc3ccc(C(=O)NCCN4CCOCC4)cc3NC2=O)cc1. The quantitative estimate of drug-likeness (QED) is 0.569. The highest BCUT2D eigenvalue weighted by atomic mass is 32.2. The van der Waals surface area contributed by atoms with Gasteiger partial charge in [-0.1, -0.05) is 29.8 Å². The predicted molar refractivity (Wildman–Crippen MR) is 129 cm³/mol. The number of carbonyl (C=O) groups is 2. The topological polar surface area (TPSA) is 82.7 Å². The van der Waals surface area contributed by atoms with Crippen LogP contribution in [0.4, 0.5) is 11.4 Å². The van der Waals surface area contributed by atoms with Crippen molar-refractivity contribution in [1.82, 2.24) is 10.2 Å². The van der Waals surface area contributed by atoms with Crippen LogP contribution in [0.5, 0.6) is 0 Å². The first kappa shape index (κ1) is 22.6. The Morgan fingerprint density at radius 1 is 1.16 bits per heavy atom. The van der Waals surface area contributed by atoms with E-state index in [0.717, 1.165) is 44.3 Å². The Hall–Kier alpha value is -2.55. The molecule has 2 aliphatic rings. The number of thioether (sulfide) groups is 1. The highest BCUT2D eigenvalue weighted by molar-refractivity contribution is 7.98. The Morgan fingerprint density at radius 3 is 2.72 bits per heavy atom. The number of benzene rings is 2. The number of rotatable bonds is 8. The van der Waals surface area contributed by atoms with E-state index in [1.807, 2.05) is 6.07 Å². The number of hydrogen-bond acceptors (Lipinski definition) is 6. The van der Waals surface area contributed by atoms with Crippen LogP contribution in [-0.4, -0.2) is 67.9 Å². The van der Waals surface area contributed by atoms with Gasteiger partial charge < -0.3 is 20.7 Å². The van der Waals surface area contributed by atoms with Crippen LogP contribution in [0.1, 0.15) is 21.5 Å². The maximum absolute atomic E-state index is 12.6. The van der Waals surface area contributed by atoms with Crippen LogP contribution in [0, 0.1) is 6.92 Å². The van der Waals surface area contributed by atoms with Gasteiger partial charge in [0.2, 0.25) is 5.91 Å². The van der Waals surface area contributed by atoms with Gasteiger partial charge in [-0.3, -0.25) is 14.5 Å². The first-order chi connectivity index (χ1) is 15.6. The summed E-state index contributed by atoms with van der Waals surface area (Å²) in [6.45, 7) is 6.76. The molecule has 0 aliphatic carbocycles. The molecule has 0 radical (unpaired) electrons. The van der Waals surface area contributed by atoms with E-state index >= 15 is 0 Å². The summed E-state index contributed by atoms with van der Waals surface area (Å²) in [6.07, 6.45) is 0. The molecule has 3 N–H and O–H groups in total. The maximum atomic E-state index is 12.6. The molecular weight excluding hydrogens is 424 g/mol. The summed E-state index contributed by atoms with van der Waals surface area (Å²) in [5.41, 5.74) is 4.53. The van der Waals surface area contributed by atoms with Gasteiger partial charge in [-0.15, -0.1) is 0 Å². The molecule has 2 aromatic carbocycles. The smallest absolute Gasteiger partial charge is 0.251 e. The minimum atomic E-state index is -0.300. The van der Waals surface area contributed by atoms with Gasteiger partial charge in [-0.25, -0.2) is 0 Å². The second-order valence-corrected chi connectivity index (χ2v) is 9.19. The van der Waals surface area contributed by atoms with Gasteiger partial charge in [0, 0.05) is 43.2 Å². The van der Waals surface area contributed by atoms with Gasteiger partial charge in [0.05, 0.1) is 24.6 Å². The monoisotopic (exact) mass is 454 g/mol. The van der Waals surface area contributed by atoms with Crippen molar-refractivity contribution in [2.24, 2.45) is 0 Å². The molecule has 2 heterocycles. The summed E-state index contributed by atoms with van der Waals surface area (Å²) in [6, 6.07) is 13.6. The number of nitrogens with zero attached hydrogens (tertiary/aromatic N) is 1. The van der Waals surface area contributed by atoms with Crippen LogP contribution < -0.4 is 16.0 Å². The van der Waals surface area contributed by atoms with E-state index in [4.69, 9.17) is 4.74 Å². The van der Waals surface area contributed by atoms with Gasteiger partial charge >= 0.3 is 0 Å². The molecule has 7 nitrogen and oxygen atoms in total. The zero-order valence-electron chi connectivity index (χ0n) is 18.4. The number of hydrogen-bond donors (Lipinski definition) is 3. The average Bonchev–Trinajstić information content (AvgIpc) is 2.81. The molecule has 2 aliphatic heterocycles. The zero-order chi connectivity index (χ0) is 22.3. The number of anilines is 2. The second-order valence-electron chi connectivity index (χ2n) is 8.16. The Kier molecular flexibility index (Phi) is 7.68. The molecule has 1 saturated heterocycles. The first-order valence-electron chi connectivity index (χ1n) is 11.0. The number of carbonyl (C=O) groups excluding carboxylic acids is 2. The minimum Gasteiger partial charge on any atom is -0.379 e. The third-order valence-corrected chi connectivity index (χ3v) is 6.78. The number of ether oxygens (including phenoxy) is 1. The van der Waals surface area contributed by atoms with E-state index in [2.05, 4.69) is 52.0 Å². The largest absolute Gasteiger partial charge is 0.379 e. The lowest BCUT2D eigenvalue weighted by molar-refractivity contribution is -0.116. The lowest BCUT2D eigenvalue weighted by Crippen LogP contribution is -2.41. The van der Waals surface area contributed by atoms with E-state index in [9.17, 15) is 9.59 Å². The van der Waals surface area contributed by atoms with Crippen LogP contribution in [0.25, 0.3) is 0 Å². The lowest BCUT2D eigenvalue weighted by Gasteiger charge is -2.27. The fourth-order valence-corrected chi connectivity index (χ4v) is 4.75. The van der Waals surface area contributed by atoms with E-state index in [1.54, 1.807) is 23.9 Å². The fourth-order valence-electron chi connectivity index (χ4n) is 3.74. The van der Waals surface area contributed by atoms with E-state index < -0.39 is 0 Å². The summed E-state index contributed by atoms with van der Waals surface area (Å²) in [5.74, 6) is 1.33.